The van der Waals surface area contributed by atoms with Crippen molar-refractivity contribution >= 4 is 21.6 Å². The quantitative estimate of drug-likeness (QED) is 0.692. The normalized spacial score (nSPS) is 12.3. The van der Waals surface area contributed by atoms with Crippen LogP contribution in [0.15, 0.2) is 48.5 Å². The minimum absolute atomic E-state index is 0.151. The number of carbonyl (C=O) groups is 1. The fourth-order valence-electron chi connectivity index (χ4n) is 2.91. The van der Waals surface area contributed by atoms with Gasteiger partial charge in [-0.2, -0.15) is 0 Å². The summed E-state index contributed by atoms with van der Waals surface area (Å²) < 4.78 is 45.4. The number of benzene rings is 2. The Bertz CT molecular complexity index is 918. The summed E-state index contributed by atoms with van der Waals surface area (Å²) in [6, 6.07) is 11.7. The molecule has 2 aromatic rings. The molecule has 6 nitrogen and oxygen atoms in total. The maximum atomic E-state index is 14.3. The average molecular weight is 408 g/mol. The maximum Gasteiger partial charge on any atom is 0.244 e. The lowest BCUT2D eigenvalue weighted by Gasteiger charge is -2.30. The van der Waals surface area contributed by atoms with E-state index in [0.29, 0.717) is 12.4 Å². The number of para-hydroxylation sites is 2. The molecule has 0 aliphatic carbocycles. The number of ether oxygens (including phenoxy) is 1. The van der Waals surface area contributed by atoms with Gasteiger partial charge in [0.25, 0.3) is 0 Å². The van der Waals surface area contributed by atoms with Crippen molar-refractivity contribution in [3.05, 3.63) is 59.9 Å². The third kappa shape index (κ3) is 5.22. The van der Waals surface area contributed by atoms with Gasteiger partial charge in [-0.05, 0) is 31.5 Å². The summed E-state index contributed by atoms with van der Waals surface area (Å²) in [4.78, 5) is 12.8. The lowest BCUT2D eigenvalue weighted by Crippen LogP contribution is -2.49. The van der Waals surface area contributed by atoms with Crippen LogP contribution in [0.4, 0.5) is 10.1 Å². The van der Waals surface area contributed by atoms with Crippen LogP contribution in [0.5, 0.6) is 5.75 Å². The number of amides is 1. The molecule has 0 bridgehead atoms. The predicted molar refractivity (Wildman–Crippen MR) is 107 cm³/mol. The first-order valence-corrected chi connectivity index (χ1v) is 10.9. The van der Waals surface area contributed by atoms with Crippen LogP contribution >= 0.6 is 0 Å². The summed E-state index contributed by atoms with van der Waals surface area (Å²) in [7, 11) is -3.89. The third-order valence-electron chi connectivity index (χ3n) is 4.15. The number of nitrogens with zero attached hydrogens (tertiary/aromatic N) is 1. The topological polar surface area (TPSA) is 75.7 Å². The van der Waals surface area contributed by atoms with E-state index in [1.54, 1.807) is 13.0 Å². The van der Waals surface area contributed by atoms with E-state index in [4.69, 9.17) is 4.74 Å². The van der Waals surface area contributed by atoms with Gasteiger partial charge in [0.05, 0.1) is 18.6 Å². The molecule has 2 rings (SSSR count). The fourth-order valence-corrected chi connectivity index (χ4v) is 4.12. The minimum atomic E-state index is -3.89. The molecule has 1 atom stereocenters. The zero-order chi connectivity index (χ0) is 20.7. The Labute approximate surface area is 165 Å². The van der Waals surface area contributed by atoms with Gasteiger partial charge >= 0.3 is 0 Å². The number of rotatable bonds is 9. The van der Waals surface area contributed by atoms with Gasteiger partial charge in [-0.25, -0.2) is 12.8 Å². The van der Waals surface area contributed by atoms with Crippen LogP contribution in [0, 0.1) is 5.82 Å². The Balaban J connectivity index is 2.27. The first-order chi connectivity index (χ1) is 13.3. The molecular weight excluding hydrogens is 383 g/mol. The molecule has 152 valence electrons. The lowest BCUT2D eigenvalue weighted by atomic mass is 10.1. The first-order valence-electron chi connectivity index (χ1n) is 9.01. The van der Waals surface area contributed by atoms with E-state index in [2.05, 4.69) is 5.32 Å². The molecule has 1 amide bonds. The predicted octanol–water partition coefficient (Wildman–Crippen LogP) is 3.09. The first kappa shape index (κ1) is 21.7. The zero-order valence-electron chi connectivity index (χ0n) is 16.2. The van der Waals surface area contributed by atoms with Crippen LogP contribution in [0.2, 0.25) is 0 Å². The van der Waals surface area contributed by atoms with Gasteiger partial charge < -0.3 is 10.1 Å². The molecule has 0 heterocycles. The second-order valence-electron chi connectivity index (χ2n) is 6.19. The van der Waals surface area contributed by atoms with Crippen molar-refractivity contribution in [2.75, 3.05) is 17.2 Å². The van der Waals surface area contributed by atoms with Crippen LogP contribution < -0.4 is 14.4 Å². The molecule has 0 aliphatic heterocycles. The van der Waals surface area contributed by atoms with Gasteiger partial charge in [0.1, 0.15) is 17.6 Å². The molecule has 8 heteroatoms. The molecule has 0 aliphatic rings. The van der Waals surface area contributed by atoms with Crippen LogP contribution in [-0.2, 0) is 21.4 Å². The largest absolute Gasteiger partial charge is 0.494 e. The molecule has 0 radical (unpaired) electrons. The van der Waals surface area contributed by atoms with Crippen molar-refractivity contribution in [2.24, 2.45) is 0 Å². The van der Waals surface area contributed by atoms with Crippen LogP contribution in [0.1, 0.15) is 25.8 Å². The van der Waals surface area contributed by atoms with E-state index in [1.165, 1.54) is 18.2 Å². The number of halogens is 1. The SMILES string of the molecule is CCOc1ccccc1CNC(=O)[C@H](CC)N(c1ccccc1F)S(C)(=O)=O. The summed E-state index contributed by atoms with van der Waals surface area (Å²) in [5.74, 6) is -0.573. The smallest absolute Gasteiger partial charge is 0.244 e. The number of hydrogen-bond acceptors (Lipinski definition) is 4. The van der Waals surface area contributed by atoms with E-state index < -0.39 is 27.8 Å². The van der Waals surface area contributed by atoms with Crippen molar-refractivity contribution in [1.82, 2.24) is 5.32 Å². The summed E-state index contributed by atoms with van der Waals surface area (Å²) >= 11 is 0. The Morgan fingerprint density at radius 1 is 1.14 bits per heavy atom. The van der Waals surface area contributed by atoms with Crippen LogP contribution in [0.25, 0.3) is 0 Å². The Morgan fingerprint density at radius 2 is 1.79 bits per heavy atom. The number of anilines is 1. The Morgan fingerprint density at radius 3 is 2.39 bits per heavy atom. The van der Waals surface area contributed by atoms with Crippen molar-refractivity contribution < 1.29 is 22.3 Å². The van der Waals surface area contributed by atoms with Gasteiger partial charge in [-0.1, -0.05) is 37.3 Å². The fraction of sp³-hybridized carbons (Fsp3) is 0.350. The van der Waals surface area contributed by atoms with Gasteiger partial charge in [0.2, 0.25) is 15.9 Å². The average Bonchev–Trinajstić information content (AvgIpc) is 2.65. The lowest BCUT2D eigenvalue weighted by molar-refractivity contribution is -0.122. The summed E-state index contributed by atoms with van der Waals surface area (Å²) in [6.45, 7) is 4.19. The second-order valence-corrected chi connectivity index (χ2v) is 8.05. The van der Waals surface area contributed by atoms with Crippen molar-refractivity contribution in [3.63, 3.8) is 0 Å². The highest BCUT2D eigenvalue weighted by molar-refractivity contribution is 7.92. The standard InChI is InChI=1S/C20H25FN2O4S/c1-4-17(23(28(3,25)26)18-12-8-7-11-16(18)21)20(24)22-14-15-10-6-9-13-19(15)27-5-2/h6-13,17H,4-5,14H2,1-3H3,(H,22,24)/t17-/m0/s1. The van der Waals surface area contributed by atoms with E-state index in [0.717, 1.165) is 22.2 Å². The zero-order valence-corrected chi connectivity index (χ0v) is 17.0. The van der Waals surface area contributed by atoms with Crippen molar-refractivity contribution in [1.29, 1.82) is 0 Å². The van der Waals surface area contributed by atoms with Crippen molar-refractivity contribution in [2.45, 2.75) is 32.9 Å². The number of hydrogen-bond donors (Lipinski definition) is 1. The Hall–Kier alpha value is -2.61. The highest BCUT2D eigenvalue weighted by Crippen LogP contribution is 2.25. The van der Waals surface area contributed by atoms with Gasteiger partial charge in [0.15, 0.2) is 0 Å². The van der Waals surface area contributed by atoms with E-state index >= 15 is 0 Å². The molecular formula is C20H25FN2O4S. The summed E-state index contributed by atoms with van der Waals surface area (Å²) in [5, 5.41) is 2.74. The van der Waals surface area contributed by atoms with E-state index in [9.17, 15) is 17.6 Å². The number of carbonyl (C=O) groups excluding carboxylic acids is 1. The van der Waals surface area contributed by atoms with Gasteiger partial charge in [-0.15, -0.1) is 0 Å². The summed E-state index contributed by atoms with van der Waals surface area (Å²) in [5.41, 5.74) is 0.617. The Kier molecular flexibility index (Phi) is 7.39. The maximum absolute atomic E-state index is 14.3. The highest BCUT2D eigenvalue weighted by atomic mass is 32.2. The second kappa shape index (κ2) is 9.54. The molecule has 2 aromatic carbocycles. The number of sulfonamides is 1. The van der Waals surface area contributed by atoms with Gasteiger partial charge in [0, 0.05) is 12.1 Å². The third-order valence-corrected chi connectivity index (χ3v) is 5.31. The molecule has 28 heavy (non-hydrogen) atoms. The molecule has 0 aromatic heterocycles. The van der Waals surface area contributed by atoms with E-state index in [-0.39, 0.29) is 18.7 Å². The molecule has 0 saturated heterocycles. The van der Waals surface area contributed by atoms with Crippen LogP contribution in [-0.4, -0.2) is 33.2 Å². The molecule has 0 fully saturated rings. The molecule has 0 spiro atoms. The monoisotopic (exact) mass is 408 g/mol. The van der Waals surface area contributed by atoms with Gasteiger partial charge in [-0.3, -0.25) is 9.10 Å². The molecule has 0 unspecified atom stereocenters. The van der Waals surface area contributed by atoms with E-state index in [1.807, 2.05) is 25.1 Å². The molecule has 1 N–H and O–H groups in total. The highest BCUT2D eigenvalue weighted by Gasteiger charge is 2.33. The van der Waals surface area contributed by atoms with Crippen LogP contribution in [0.3, 0.4) is 0 Å². The number of nitrogens with one attached hydrogen (secondary N) is 1. The van der Waals surface area contributed by atoms with Crippen molar-refractivity contribution in [3.8, 4) is 5.75 Å². The summed E-state index contributed by atoms with van der Waals surface area (Å²) in [6.07, 6.45) is 1.14. The minimum Gasteiger partial charge on any atom is -0.494 e. The molecule has 0 saturated carbocycles.